The van der Waals surface area contributed by atoms with Gasteiger partial charge in [0.15, 0.2) is 0 Å². The van der Waals surface area contributed by atoms with Gasteiger partial charge in [0.2, 0.25) is 5.91 Å². The van der Waals surface area contributed by atoms with Crippen LogP contribution in [0.5, 0.6) is 0 Å². The van der Waals surface area contributed by atoms with Crippen LogP contribution in [0.1, 0.15) is 32.3 Å². The average Bonchev–Trinajstić information content (AvgIpc) is 2.68. The fourth-order valence-electron chi connectivity index (χ4n) is 4.22. The number of hydrogen-bond acceptors (Lipinski definition) is 5. The molecule has 0 saturated carbocycles. The Bertz CT molecular complexity index is 754. The van der Waals surface area contributed by atoms with E-state index in [1.54, 1.807) is 6.92 Å². The number of aliphatic hydroxyl groups excluding tert-OH is 1. The van der Waals surface area contributed by atoms with Crippen molar-refractivity contribution in [2.45, 2.75) is 45.0 Å². The predicted octanol–water partition coefficient (Wildman–Crippen LogP) is 2.88. The van der Waals surface area contributed by atoms with E-state index in [0.29, 0.717) is 51.4 Å². The summed E-state index contributed by atoms with van der Waals surface area (Å²) in [6.45, 7) is 7.47. The van der Waals surface area contributed by atoms with Crippen LogP contribution in [-0.2, 0) is 11.0 Å². The fraction of sp³-hybridized carbons (Fsp3) is 0.700. The number of nitrogens with zero attached hydrogens (tertiary/aromatic N) is 4. The molecule has 2 aliphatic rings. The van der Waals surface area contributed by atoms with Crippen molar-refractivity contribution in [1.82, 2.24) is 14.8 Å². The lowest BCUT2D eigenvalue weighted by molar-refractivity contribution is -0.139. The Morgan fingerprint density at radius 1 is 1.30 bits per heavy atom. The minimum absolute atomic E-state index is 0.0299. The summed E-state index contributed by atoms with van der Waals surface area (Å²) in [4.78, 5) is 22.8. The molecule has 0 aromatic carbocycles. The highest BCUT2D eigenvalue weighted by atomic mass is 35.5. The van der Waals surface area contributed by atoms with Crippen molar-refractivity contribution in [1.29, 1.82) is 0 Å². The van der Waals surface area contributed by atoms with Crippen molar-refractivity contribution in [2.75, 3.05) is 44.2 Å². The van der Waals surface area contributed by atoms with E-state index < -0.39 is 17.8 Å². The molecule has 1 aromatic heterocycles. The maximum Gasteiger partial charge on any atom is 0.417 e. The minimum Gasteiger partial charge on any atom is -0.392 e. The summed E-state index contributed by atoms with van der Waals surface area (Å²) in [5.41, 5.74) is -0.870. The number of amides is 1. The Labute approximate surface area is 179 Å². The van der Waals surface area contributed by atoms with E-state index >= 15 is 0 Å². The number of carbonyl (C=O) groups is 1. The second-order valence-corrected chi connectivity index (χ2v) is 8.67. The van der Waals surface area contributed by atoms with E-state index in [-0.39, 0.29) is 22.9 Å². The molecular weight excluding hydrogens is 421 g/mol. The third-order valence-electron chi connectivity index (χ3n) is 5.87. The van der Waals surface area contributed by atoms with Crippen molar-refractivity contribution in [3.05, 3.63) is 22.8 Å². The number of halogens is 4. The molecular formula is C20H28ClF3N4O2. The number of hydrogen-bond donors (Lipinski definition) is 1. The van der Waals surface area contributed by atoms with Gasteiger partial charge in [-0.2, -0.15) is 13.2 Å². The van der Waals surface area contributed by atoms with Crippen molar-refractivity contribution in [2.24, 2.45) is 5.92 Å². The van der Waals surface area contributed by atoms with E-state index in [1.807, 2.05) is 9.80 Å². The first-order valence-electron chi connectivity index (χ1n) is 10.2. The van der Waals surface area contributed by atoms with Crippen molar-refractivity contribution in [3.63, 3.8) is 0 Å². The monoisotopic (exact) mass is 448 g/mol. The lowest BCUT2D eigenvalue weighted by atomic mass is 9.94. The standard InChI is InChI=1S/C20H28ClF3N4O2/c1-13-11-28(8-7-27(13)12-14(2)29)19(30)15-3-5-26(6-4-15)18-17(21)9-16(10-25-18)20(22,23)24/h9-10,13-15,29H,3-8,11-12H2,1-2H3. The molecule has 168 valence electrons. The van der Waals surface area contributed by atoms with Gasteiger partial charge in [-0.15, -0.1) is 0 Å². The lowest BCUT2D eigenvalue weighted by Crippen LogP contribution is -2.56. The summed E-state index contributed by atoms with van der Waals surface area (Å²) < 4.78 is 38.4. The highest BCUT2D eigenvalue weighted by Crippen LogP contribution is 2.35. The zero-order valence-electron chi connectivity index (χ0n) is 17.2. The number of β-amino-alcohol motifs (C(OH)–C–C–N with tert-alkyl or cyclic N) is 1. The second kappa shape index (κ2) is 9.28. The summed E-state index contributed by atoms with van der Waals surface area (Å²) in [7, 11) is 0. The highest BCUT2D eigenvalue weighted by Gasteiger charge is 2.35. The Balaban J connectivity index is 1.55. The zero-order valence-corrected chi connectivity index (χ0v) is 18.0. The molecule has 3 rings (SSSR count). The smallest absolute Gasteiger partial charge is 0.392 e. The number of aliphatic hydroxyl groups is 1. The fourth-order valence-corrected chi connectivity index (χ4v) is 4.51. The maximum atomic E-state index is 13.0. The molecule has 2 fully saturated rings. The number of piperidine rings is 1. The van der Waals surface area contributed by atoms with E-state index in [2.05, 4.69) is 16.8 Å². The number of carbonyl (C=O) groups excluding carboxylic acids is 1. The van der Waals surface area contributed by atoms with E-state index in [9.17, 15) is 23.1 Å². The first-order valence-corrected chi connectivity index (χ1v) is 10.6. The largest absolute Gasteiger partial charge is 0.417 e. The molecule has 30 heavy (non-hydrogen) atoms. The number of piperazine rings is 1. The van der Waals surface area contributed by atoms with Crippen molar-refractivity contribution < 1.29 is 23.1 Å². The quantitative estimate of drug-likeness (QED) is 0.767. The SMILES string of the molecule is CC(O)CN1CCN(C(=O)C2CCN(c3ncc(C(F)(F)F)cc3Cl)CC2)CC1C. The molecule has 2 atom stereocenters. The van der Waals surface area contributed by atoms with Crippen LogP contribution >= 0.6 is 11.6 Å². The normalized spacial score (nSPS) is 23.0. The predicted molar refractivity (Wildman–Crippen MR) is 108 cm³/mol. The third-order valence-corrected chi connectivity index (χ3v) is 6.15. The van der Waals surface area contributed by atoms with Crippen LogP contribution in [0, 0.1) is 5.92 Å². The number of aromatic nitrogens is 1. The molecule has 10 heteroatoms. The van der Waals surface area contributed by atoms with Gasteiger partial charge in [-0.3, -0.25) is 9.69 Å². The molecule has 0 bridgehead atoms. The van der Waals surface area contributed by atoms with Gasteiger partial charge in [0.1, 0.15) is 5.82 Å². The van der Waals surface area contributed by atoms with Crippen LogP contribution in [0.2, 0.25) is 5.02 Å². The second-order valence-electron chi connectivity index (χ2n) is 8.27. The molecule has 1 amide bonds. The van der Waals surface area contributed by atoms with Gasteiger partial charge in [-0.05, 0) is 32.8 Å². The van der Waals surface area contributed by atoms with Crippen molar-refractivity contribution in [3.8, 4) is 0 Å². The van der Waals surface area contributed by atoms with Gasteiger partial charge >= 0.3 is 6.18 Å². The van der Waals surface area contributed by atoms with Crippen LogP contribution in [0.3, 0.4) is 0 Å². The Morgan fingerprint density at radius 3 is 2.50 bits per heavy atom. The molecule has 0 spiro atoms. The molecule has 3 heterocycles. The number of rotatable bonds is 4. The summed E-state index contributed by atoms with van der Waals surface area (Å²) >= 11 is 6.05. The highest BCUT2D eigenvalue weighted by molar-refractivity contribution is 6.33. The van der Waals surface area contributed by atoms with Crippen molar-refractivity contribution >= 4 is 23.3 Å². The molecule has 2 aliphatic heterocycles. The van der Waals surface area contributed by atoms with Gasteiger partial charge in [-0.25, -0.2) is 4.98 Å². The van der Waals surface area contributed by atoms with Gasteiger partial charge < -0.3 is 14.9 Å². The molecule has 6 nitrogen and oxygen atoms in total. The summed E-state index contributed by atoms with van der Waals surface area (Å²) in [5.74, 6) is 0.352. The average molecular weight is 449 g/mol. The maximum absolute atomic E-state index is 13.0. The van der Waals surface area contributed by atoms with Gasteiger partial charge in [0, 0.05) is 57.4 Å². The van der Waals surface area contributed by atoms with Gasteiger partial charge in [0.05, 0.1) is 16.7 Å². The lowest BCUT2D eigenvalue weighted by Gasteiger charge is -2.42. The van der Waals surface area contributed by atoms with Crippen LogP contribution in [0.4, 0.5) is 19.0 Å². The first-order chi connectivity index (χ1) is 14.1. The van der Waals surface area contributed by atoms with Crippen LogP contribution in [-0.4, -0.2) is 77.2 Å². The number of alkyl halides is 3. The zero-order chi connectivity index (χ0) is 22.1. The van der Waals surface area contributed by atoms with Crippen LogP contribution in [0.25, 0.3) is 0 Å². The Hall–Kier alpha value is -1.58. The first kappa shape index (κ1) is 23.1. The molecule has 0 aliphatic carbocycles. The number of anilines is 1. The summed E-state index contributed by atoms with van der Waals surface area (Å²) in [5, 5.41) is 9.57. The minimum atomic E-state index is -4.48. The number of pyridine rings is 1. The van der Waals surface area contributed by atoms with E-state index in [1.165, 1.54) is 0 Å². The van der Waals surface area contributed by atoms with Gasteiger partial charge in [-0.1, -0.05) is 11.6 Å². The third kappa shape index (κ3) is 5.36. The van der Waals surface area contributed by atoms with Gasteiger partial charge in [0.25, 0.3) is 0 Å². The Kier molecular flexibility index (Phi) is 7.14. The summed E-state index contributed by atoms with van der Waals surface area (Å²) in [6, 6.07) is 1.09. The molecule has 1 N–H and O–H groups in total. The molecule has 2 unspecified atom stereocenters. The molecule has 2 saturated heterocycles. The summed E-state index contributed by atoms with van der Waals surface area (Å²) in [6.07, 6.45) is -2.86. The topological polar surface area (TPSA) is 59.9 Å². The van der Waals surface area contributed by atoms with Crippen LogP contribution < -0.4 is 4.90 Å². The van der Waals surface area contributed by atoms with E-state index in [0.717, 1.165) is 18.8 Å². The molecule has 0 radical (unpaired) electrons. The van der Waals surface area contributed by atoms with Crippen LogP contribution in [0.15, 0.2) is 12.3 Å². The Morgan fingerprint density at radius 2 is 1.97 bits per heavy atom. The van der Waals surface area contributed by atoms with E-state index in [4.69, 9.17) is 11.6 Å². The molecule has 1 aromatic rings.